The summed E-state index contributed by atoms with van der Waals surface area (Å²) in [7, 11) is 0. The maximum absolute atomic E-state index is 5.92. The quantitative estimate of drug-likeness (QED) is 0.399. The van der Waals surface area contributed by atoms with Gasteiger partial charge in [-0.25, -0.2) is 0 Å². The first kappa shape index (κ1) is 20.9. The minimum absolute atomic E-state index is 0.404. The van der Waals surface area contributed by atoms with Gasteiger partial charge in [0, 0.05) is 0 Å². The van der Waals surface area contributed by atoms with Crippen molar-refractivity contribution in [1.29, 1.82) is 0 Å². The fourth-order valence-electron chi connectivity index (χ4n) is 2.70. The molecule has 1 aliphatic carbocycles. The molecular weight excluding hydrogens is 296 g/mol. The Morgan fingerprint density at radius 2 is 1.00 bits per heavy atom. The molecule has 0 unspecified atom stereocenters. The van der Waals surface area contributed by atoms with Gasteiger partial charge < -0.3 is 9.47 Å². The first-order valence-electron chi connectivity index (χ1n) is 9.73. The van der Waals surface area contributed by atoms with Crippen molar-refractivity contribution in [2.75, 3.05) is 13.2 Å². The molecule has 2 nitrogen and oxygen atoms in total. The summed E-state index contributed by atoms with van der Waals surface area (Å²) in [5.41, 5.74) is 0. The lowest BCUT2D eigenvalue weighted by molar-refractivity contribution is -0.0163. The second-order valence-corrected chi connectivity index (χ2v) is 6.36. The van der Waals surface area contributed by atoms with Gasteiger partial charge in [-0.3, -0.25) is 0 Å². The third-order valence-corrected chi connectivity index (χ3v) is 4.15. The van der Waals surface area contributed by atoms with Crippen LogP contribution in [0.5, 0.6) is 0 Å². The van der Waals surface area contributed by atoms with Crippen LogP contribution in [0, 0.1) is 0 Å². The lowest BCUT2D eigenvalue weighted by Crippen LogP contribution is -2.26. The van der Waals surface area contributed by atoms with Gasteiger partial charge in [0.1, 0.15) is 0 Å². The highest BCUT2D eigenvalue weighted by atomic mass is 16.5. The Morgan fingerprint density at radius 3 is 1.38 bits per heavy atom. The van der Waals surface area contributed by atoms with E-state index in [0.29, 0.717) is 12.2 Å². The normalized spacial score (nSPS) is 22.6. The number of unbranched alkanes of at least 4 members (excludes halogenated alkanes) is 2. The Balaban J connectivity index is 2.03. The van der Waals surface area contributed by atoms with E-state index in [1.54, 1.807) is 0 Å². The molecule has 0 saturated heterocycles. The van der Waals surface area contributed by atoms with Gasteiger partial charge in [0.25, 0.3) is 0 Å². The van der Waals surface area contributed by atoms with E-state index in [0.717, 1.165) is 51.7 Å². The molecule has 2 heteroatoms. The summed E-state index contributed by atoms with van der Waals surface area (Å²) in [5, 5.41) is 0. The van der Waals surface area contributed by atoms with Crippen molar-refractivity contribution in [3.05, 3.63) is 48.6 Å². The van der Waals surface area contributed by atoms with Crippen LogP contribution in [0.15, 0.2) is 48.6 Å². The lowest BCUT2D eigenvalue weighted by atomic mass is 9.95. The average Bonchev–Trinajstić information content (AvgIpc) is 2.61. The standard InChI is InChI=1S/C22H36O2/c1-3-5-7-9-11-13-19-23-21-15-17-22(18-16-21)24-20-14-12-10-8-6-4-2/h7-14,21-22H,3-6,15-20H2,1-2H3/b9-7+,10-8+,13-11+,14-12+. The zero-order valence-corrected chi connectivity index (χ0v) is 15.7. The summed E-state index contributed by atoms with van der Waals surface area (Å²) >= 11 is 0. The van der Waals surface area contributed by atoms with Gasteiger partial charge in [-0.15, -0.1) is 0 Å². The molecule has 0 atom stereocenters. The Kier molecular flexibility index (Phi) is 13.4. The van der Waals surface area contributed by atoms with Crippen LogP contribution >= 0.6 is 0 Å². The van der Waals surface area contributed by atoms with Gasteiger partial charge in [0.15, 0.2) is 0 Å². The third-order valence-electron chi connectivity index (χ3n) is 4.15. The van der Waals surface area contributed by atoms with Crippen molar-refractivity contribution in [2.45, 2.75) is 77.4 Å². The van der Waals surface area contributed by atoms with E-state index in [1.165, 1.54) is 12.8 Å². The summed E-state index contributed by atoms with van der Waals surface area (Å²) in [6, 6.07) is 0. The number of rotatable bonds is 12. The predicted molar refractivity (Wildman–Crippen MR) is 104 cm³/mol. The fraction of sp³-hybridized carbons (Fsp3) is 0.636. The molecular formula is C22H36O2. The molecule has 136 valence electrons. The highest BCUT2D eigenvalue weighted by Crippen LogP contribution is 2.23. The van der Waals surface area contributed by atoms with E-state index in [1.807, 2.05) is 0 Å². The van der Waals surface area contributed by atoms with Crippen LogP contribution in [0.1, 0.15) is 65.2 Å². The van der Waals surface area contributed by atoms with Crippen molar-refractivity contribution in [1.82, 2.24) is 0 Å². The summed E-state index contributed by atoms with van der Waals surface area (Å²) in [5.74, 6) is 0. The van der Waals surface area contributed by atoms with Gasteiger partial charge in [0.2, 0.25) is 0 Å². The molecule has 0 radical (unpaired) electrons. The summed E-state index contributed by atoms with van der Waals surface area (Å²) in [4.78, 5) is 0. The van der Waals surface area contributed by atoms with Crippen LogP contribution in [-0.4, -0.2) is 25.4 Å². The number of ether oxygens (including phenoxy) is 2. The summed E-state index contributed by atoms with van der Waals surface area (Å²) in [6.45, 7) is 5.83. The van der Waals surface area contributed by atoms with Crippen molar-refractivity contribution < 1.29 is 9.47 Å². The first-order chi connectivity index (χ1) is 11.9. The molecule has 0 aliphatic heterocycles. The van der Waals surface area contributed by atoms with E-state index < -0.39 is 0 Å². The number of hydrogen-bond acceptors (Lipinski definition) is 2. The van der Waals surface area contributed by atoms with Gasteiger partial charge in [-0.1, -0.05) is 75.3 Å². The van der Waals surface area contributed by atoms with Crippen LogP contribution in [0.4, 0.5) is 0 Å². The molecule has 0 amide bonds. The highest BCUT2D eigenvalue weighted by Gasteiger charge is 2.21. The fourth-order valence-corrected chi connectivity index (χ4v) is 2.70. The van der Waals surface area contributed by atoms with E-state index in [-0.39, 0.29) is 0 Å². The minimum atomic E-state index is 0.404. The number of allylic oxidation sites excluding steroid dienone is 6. The molecule has 0 aromatic carbocycles. The minimum Gasteiger partial charge on any atom is -0.374 e. The lowest BCUT2D eigenvalue weighted by Gasteiger charge is -2.28. The molecule has 0 aromatic rings. The Bertz CT molecular complexity index is 347. The van der Waals surface area contributed by atoms with Crippen LogP contribution in [0.25, 0.3) is 0 Å². The first-order valence-corrected chi connectivity index (χ1v) is 9.73. The van der Waals surface area contributed by atoms with Crippen molar-refractivity contribution >= 4 is 0 Å². The number of hydrogen-bond donors (Lipinski definition) is 0. The molecule has 0 spiro atoms. The van der Waals surface area contributed by atoms with Gasteiger partial charge >= 0.3 is 0 Å². The summed E-state index contributed by atoms with van der Waals surface area (Å²) < 4.78 is 11.8. The molecule has 1 rings (SSSR count). The Morgan fingerprint density at radius 1 is 0.625 bits per heavy atom. The maximum atomic E-state index is 5.92. The van der Waals surface area contributed by atoms with Crippen LogP contribution < -0.4 is 0 Å². The van der Waals surface area contributed by atoms with Crippen LogP contribution in [-0.2, 0) is 9.47 Å². The monoisotopic (exact) mass is 332 g/mol. The second kappa shape index (κ2) is 15.4. The van der Waals surface area contributed by atoms with Gasteiger partial charge in [-0.05, 0) is 38.5 Å². The highest BCUT2D eigenvalue weighted by molar-refractivity contribution is 5.03. The van der Waals surface area contributed by atoms with E-state index in [4.69, 9.17) is 9.47 Å². The molecule has 0 N–H and O–H groups in total. The Labute approximate surface area is 149 Å². The topological polar surface area (TPSA) is 18.5 Å². The van der Waals surface area contributed by atoms with Gasteiger partial charge in [-0.2, -0.15) is 0 Å². The zero-order chi connectivity index (χ0) is 17.3. The van der Waals surface area contributed by atoms with E-state index in [2.05, 4.69) is 62.5 Å². The second-order valence-electron chi connectivity index (χ2n) is 6.36. The molecule has 1 aliphatic rings. The van der Waals surface area contributed by atoms with Crippen molar-refractivity contribution in [3.63, 3.8) is 0 Å². The molecule has 1 fully saturated rings. The average molecular weight is 333 g/mol. The van der Waals surface area contributed by atoms with Crippen molar-refractivity contribution in [3.8, 4) is 0 Å². The smallest absolute Gasteiger partial charge is 0.0654 e. The maximum Gasteiger partial charge on any atom is 0.0654 e. The predicted octanol–water partition coefficient (Wildman–Crippen LogP) is 6.16. The van der Waals surface area contributed by atoms with Gasteiger partial charge in [0.05, 0.1) is 25.4 Å². The molecule has 0 aromatic heterocycles. The molecule has 24 heavy (non-hydrogen) atoms. The third kappa shape index (κ3) is 11.4. The van der Waals surface area contributed by atoms with E-state index in [9.17, 15) is 0 Å². The van der Waals surface area contributed by atoms with Crippen LogP contribution in [0.3, 0.4) is 0 Å². The zero-order valence-electron chi connectivity index (χ0n) is 15.7. The molecule has 1 saturated carbocycles. The summed E-state index contributed by atoms with van der Waals surface area (Å²) in [6.07, 6.45) is 27.0. The SMILES string of the molecule is CCC/C=C/C=C/COC1CCC(OC/C=C/C=C/CCC)CC1. The van der Waals surface area contributed by atoms with Crippen LogP contribution in [0.2, 0.25) is 0 Å². The molecule has 0 bridgehead atoms. The Hall–Kier alpha value is -1.12. The van der Waals surface area contributed by atoms with Crippen molar-refractivity contribution in [2.24, 2.45) is 0 Å². The molecule has 0 heterocycles. The largest absolute Gasteiger partial charge is 0.374 e. The van der Waals surface area contributed by atoms with E-state index >= 15 is 0 Å².